The Morgan fingerprint density at radius 1 is 1.29 bits per heavy atom. The molecule has 4 nitrogen and oxygen atoms in total. The van der Waals surface area contributed by atoms with Gasteiger partial charge in [0.2, 0.25) is 0 Å². The van der Waals surface area contributed by atoms with Crippen molar-refractivity contribution in [2.24, 2.45) is 0 Å². The summed E-state index contributed by atoms with van der Waals surface area (Å²) in [4.78, 5) is 15.6. The number of rotatable bonds is 4. The zero-order chi connectivity index (χ0) is 14.7. The first kappa shape index (κ1) is 13.6. The molecule has 106 valence electrons. The molecule has 0 bridgehead atoms. The first-order valence-corrected chi connectivity index (χ1v) is 7.38. The molecule has 3 aromatic rings. The Balaban J connectivity index is 1.67. The molecule has 2 heterocycles. The molecule has 0 aliphatic carbocycles. The van der Waals surface area contributed by atoms with Gasteiger partial charge in [-0.15, -0.1) is 11.3 Å². The van der Waals surface area contributed by atoms with Crippen LogP contribution in [0.5, 0.6) is 0 Å². The molecule has 0 radical (unpaired) electrons. The molecule has 0 aliphatic rings. The number of hydrogen-bond donors (Lipinski definition) is 1. The van der Waals surface area contributed by atoms with Gasteiger partial charge < -0.3 is 10.1 Å². The second kappa shape index (κ2) is 5.93. The van der Waals surface area contributed by atoms with Crippen molar-refractivity contribution in [1.29, 1.82) is 0 Å². The van der Waals surface area contributed by atoms with Gasteiger partial charge in [0.25, 0.3) is 0 Å². The maximum atomic E-state index is 11.3. The van der Waals surface area contributed by atoms with E-state index in [0.717, 1.165) is 11.4 Å². The Morgan fingerprint density at radius 2 is 2.19 bits per heavy atom. The van der Waals surface area contributed by atoms with Gasteiger partial charge in [-0.25, -0.2) is 4.79 Å². The lowest BCUT2D eigenvalue weighted by atomic mass is 10.2. The van der Waals surface area contributed by atoms with Crippen molar-refractivity contribution in [3.63, 3.8) is 0 Å². The number of methoxy groups -OCH3 is 1. The highest BCUT2D eigenvalue weighted by molar-refractivity contribution is 7.17. The number of fused-ring (bicyclic) bond motifs is 1. The number of nitrogens with one attached hydrogen (secondary N) is 1. The van der Waals surface area contributed by atoms with E-state index in [9.17, 15) is 4.79 Å². The lowest BCUT2D eigenvalue weighted by Gasteiger charge is -2.06. The predicted octanol–water partition coefficient (Wildman–Crippen LogP) is 3.70. The van der Waals surface area contributed by atoms with Gasteiger partial charge in [-0.1, -0.05) is 0 Å². The number of anilines is 1. The Kier molecular flexibility index (Phi) is 3.83. The highest BCUT2D eigenvalue weighted by Gasteiger charge is 2.05. The van der Waals surface area contributed by atoms with Crippen molar-refractivity contribution in [2.45, 2.75) is 6.54 Å². The number of aromatic nitrogens is 1. The molecule has 0 atom stereocenters. The van der Waals surface area contributed by atoms with Crippen LogP contribution in [-0.2, 0) is 11.3 Å². The molecule has 1 N–H and O–H groups in total. The highest BCUT2D eigenvalue weighted by Crippen LogP contribution is 2.24. The quantitative estimate of drug-likeness (QED) is 0.746. The van der Waals surface area contributed by atoms with Crippen LogP contribution in [0, 0.1) is 0 Å². The predicted molar refractivity (Wildman–Crippen MR) is 84.7 cm³/mol. The smallest absolute Gasteiger partial charge is 0.339 e. The van der Waals surface area contributed by atoms with E-state index in [-0.39, 0.29) is 5.97 Å². The number of pyridine rings is 1. The van der Waals surface area contributed by atoms with Crippen molar-refractivity contribution < 1.29 is 9.53 Å². The molecule has 1 aromatic carbocycles. The van der Waals surface area contributed by atoms with Crippen molar-refractivity contribution in [3.05, 3.63) is 59.2 Å². The van der Waals surface area contributed by atoms with Gasteiger partial charge in [0.15, 0.2) is 0 Å². The van der Waals surface area contributed by atoms with E-state index in [0.29, 0.717) is 12.1 Å². The van der Waals surface area contributed by atoms with Crippen LogP contribution in [0.4, 0.5) is 5.69 Å². The van der Waals surface area contributed by atoms with Crippen LogP contribution in [0.3, 0.4) is 0 Å². The molecular weight excluding hydrogens is 284 g/mol. The van der Waals surface area contributed by atoms with Gasteiger partial charge in [0, 0.05) is 16.6 Å². The fourth-order valence-corrected chi connectivity index (χ4v) is 2.81. The monoisotopic (exact) mass is 298 g/mol. The summed E-state index contributed by atoms with van der Waals surface area (Å²) in [6.07, 6.45) is 1.53. The van der Waals surface area contributed by atoms with Crippen LogP contribution in [0.15, 0.2) is 48.0 Å². The Hall–Kier alpha value is -2.40. The van der Waals surface area contributed by atoms with Gasteiger partial charge in [-0.3, -0.25) is 4.98 Å². The summed E-state index contributed by atoms with van der Waals surface area (Å²) in [5.41, 5.74) is 2.38. The molecule has 21 heavy (non-hydrogen) atoms. The number of thiophene rings is 1. The SMILES string of the molecule is COC(=O)c1ccc(CNc2ccc3sccc3c2)nc1. The topological polar surface area (TPSA) is 51.2 Å². The molecule has 0 saturated carbocycles. The number of benzene rings is 1. The zero-order valence-corrected chi connectivity index (χ0v) is 12.3. The minimum absolute atomic E-state index is 0.370. The van der Waals surface area contributed by atoms with E-state index in [1.54, 1.807) is 17.4 Å². The fourth-order valence-electron chi connectivity index (χ4n) is 2.04. The highest BCUT2D eigenvalue weighted by atomic mass is 32.1. The van der Waals surface area contributed by atoms with Gasteiger partial charge in [0.1, 0.15) is 0 Å². The van der Waals surface area contributed by atoms with E-state index in [1.807, 2.05) is 6.07 Å². The third kappa shape index (κ3) is 3.03. The summed E-state index contributed by atoms with van der Waals surface area (Å²) < 4.78 is 5.92. The summed E-state index contributed by atoms with van der Waals surface area (Å²) >= 11 is 1.73. The van der Waals surface area contributed by atoms with Crippen LogP contribution in [0.25, 0.3) is 10.1 Å². The second-order valence-electron chi connectivity index (χ2n) is 4.56. The molecule has 0 spiro atoms. The third-order valence-corrected chi connectivity index (χ3v) is 4.07. The minimum atomic E-state index is -0.370. The van der Waals surface area contributed by atoms with Gasteiger partial charge in [0.05, 0.1) is 24.9 Å². The number of carbonyl (C=O) groups excluding carboxylic acids is 1. The van der Waals surface area contributed by atoms with E-state index < -0.39 is 0 Å². The number of hydrogen-bond acceptors (Lipinski definition) is 5. The first-order valence-electron chi connectivity index (χ1n) is 6.50. The van der Waals surface area contributed by atoms with Crippen molar-refractivity contribution in [2.75, 3.05) is 12.4 Å². The summed E-state index contributed by atoms with van der Waals surface area (Å²) in [5.74, 6) is -0.370. The Labute approximate surface area is 126 Å². The summed E-state index contributed by atoms with van der Waals surface area (Å²) in [6.45, 7) is 0.608. The molecular formula is C16H14N2O2S. The van der Waals surface area contributed by atoms with E-state index in [2.05, 4.69) is 44.7 Å². The number of carbonyl (C=O) groups is 1. The first-order chi connectivity index (χ1) is 10.3. The van der Waals surface area contributed by atoms with E-state index in [1.165, 1.54) is 23.4 Å². The molecule has 3 rings (SSSR count). The summed E-state index contributed by atoms with van der Waals surface area (Å²) in [7, 11) is 1.36. The van der Waals surface area contributed by atoms with Gasteiger partial charge >= 0.3 is 5.97 Å². The van der Waals surface area contributed by atoms with Crippen LogP contribution >= 0.6 is 11.3 Å². The van der Waals surface area contributed by atoms with Gasteiger partial charge in [-0.05, 0) is 47.2 Å². The maximum Gasteiger partial charge on any atom is 0.339 e. The zero-order valence-electron chi connectivity index (χ0n) is 11.5. The minimum Gasteiger partial charge on any atom is -0.465 e. The van der Waals surface area contributed by atoms with E-state index >= 15 is 0 Å². The molecule has 5 heteroatoms. The van der Waals surface area contributed by atoms with Crippen molar-refractivity contribution in [3.8, 4) is 0 Å². The Morgan fingerprint density at radius 3 is 2.95 bits per heavy atom. The Bertz CT molecular complexity index is 765. The van der Waals surface area contributed by atoms with Crippen LogP contribution in [0.1, 0.15) is 16.1 Å². The average Bonchev–Trinajstić information content (AvgIpc) is 3.00. The van der Waals surface area contributed by atoms with Crippen molar-refractivity contribution >= 4 is 33.1 Å². The molecule has 0 fully saturated rings. The summed E-state index contributed by atoms with van der Waals surface area (Å²) in [6, 6.07) is 11.9. The lowest BCUT2D eigenvalue weighted by Crippen LogP contribution is -2.05. The average molecular weight is 298 g/mol. The second-order valence-corrected chi connectivity index (χ2v) is 5.50. The van der Waals surface area contributed by atoms with Gasteiger partial charge in [-0.2, -0.15) is 0 Å². The van der Waals surface area contributed by atoms with Crippen LogP contribution < -0.4 is 5.32 Å². The fraction of sp³-hybridized carbons (Fsp3) is 0.125. The molecule has 0 aliphatic heterocycles. The number of nitrogens with zero attached hydrogens (tertiary/aromatic N) is 1. The molecule has 2 aromatic heterocycles. The number of esters is 1. The van der Waals surface area contributed by atoms with Crippen LogP contribution in [0.2, 0.25) is 0 Å². The summed E-state index contributed by atoms with van der Waals surface area (Å²) in [5, 5.41) is 6.65. The van der Waals surface area contributed by atoms with Crippen molar-refractivity contribution in [1.82, 2.24) is 4.98 Å². The molecule has 0 unspecified atom stereocenters. The molecule has 0 saturated heterocycles. The number of ether oxygens (including phenoxy) is 1. The maximum absolute atomic E-state index is 11.3. The van der Waals surface area contributed by atoms with E-state index in [4.69, 9.17) is 0 Å². The largest absolute Gasteiger partial charge is 0.465 e. The third-order valence-electron chi connectivity index (χ3n) is 3.17. The van der Waals surface area contributed by atoms with Crippen LogP contribution in [-0.4, -0.2) is 18.1 Å². The standard InChI is InChI=1S/C16H14N2O2S/c1-20-16(19)12-2-3-14(17-9-12)10-18-13-4-5-15-11(8-13)6-7-21-15/h2-9,18H,10H2,1H3. The lowest BCUT2D eigenvalue weighted by molar-refractivity contribution is 0.0600. The molecule has 0 amide bonds. The normalized spacial score (nSPS) is 10.5.